The van der Waals surface area contributed by atoms with Gasteiger partial charge in [-0.1, -0.05) is 11.6 Å². The van der Waals surface area contributed by atoms with E-state index in [9.17, 15) is 0 Å². The van der Waals surface area contributed by atoms with E-state index in [-0.39, 0.29) is 0 Å². The summed E-state index contributed by atoms with van der Waals surface area (Å²) in [4.78, 5) is 10.2. The average Bonchev–Trinajstić information content (AvgIpc) is 2.99. The highest BCUT2D eigenvalue weighted by molar-refractivity contribution is 6.32. The van der Waals surface area contributed by atoms with E-state index in [1.54, 1.807) is 6.20 Å². The largest absolute Gasteiger partial charge is 0.351 e. The summed E-state index contributed by atoms with van der Waals surface area (Å²) >= 11 is 11.8. The van der Waals surface area contributed by atoms with E-state index in [0.717, 1.165) is 12.4 Å². The third kappa shape index (κ3) is 2.10. The molecule has 1 aliphatic carbocycles. The predicted molar refractivity (Wildman–Crippen MR) is 58.1 cm³/mol. The van der Waals surface area contributed by atoms with Crippen LogP contribution >= 0.6 is 23.2 Å². The van der Waals surface area contributed by atoms with E-state index in [4.69, 9.17) is 23.2 Å². The fourth-order valence-corrected chi connectivity index (χ4v) is 1.85. The molecule has 0 spiro atoms. The Hall–Kier alpha value is -0.540. The minimum absolute atomic E-state index is 0.571. The first-order valence-corrected chi connectivity index (χ1v) is 5.52. The molecule has 0 saturated heterocycles. The lowest BCUT2D eigenvalue weighted by Crippen LogP contribution is -2.28. The molecule has 0 radical (unpaired) electrons. The van der Waals surface area contributed by atoms with Gasteiger partial charge in [0.1, 0.15) is 11.3 Å². The second kappa shape index (κ2) is 4.32. The monoisotopic (exact) mass is 231 g/mol. The Bertz CT molecular complexity index is 315. The van der Waals surface area contributed by atoms with Gasteiger partial charge in [-0.25, -0.2) is 9.97 Å². The summed E-state index contributed by atoms with van der Waals surface area (Å²) in [5, 5.41) is 0.601. The molecule has 0 bridgehead atoms. The molecule has 3 nitrogen and oxygen atoms in total. The molecule has 0 N–H and O–H groups in total. The summed E-state index contributed by atoms with van der Waals surface area (Å²) in [6.45, 7) is 0.795. The lowest BCUT2D eigenvalue weighted by Gasteiger charge is -2.22. The van der Waals surface area contributed by atoms with Crippen molar-refractivity contribution in [3.63, 3.8) is 0 Å². The van der Waals surface area contributed by atoms with Gasteiger partial charge in [0.25, 0.3) is 0 Å². The smallest absolute Gasteiger partial charge is 0.151 e. The van der Waals surface area contributed by atoms with Crippen LogP contribution in [0, 0.1) is 0 Å². The molecule has 0 aromatic carbocycles. The Morgan fingerprint density at radius 2 is 2.29 bits per heavy atom. The molecule has 0 aliphatic heterocycles. The van der Waals surface area contributed by atoms with E-state index in [1.165, 1.54) is 19.2 Å². The first-order chi connectivity index (χ1) is 6.83. The van der Waals surface area contributed by atoms with Crippen LogP contribution in [0.3, 0.4) is 0 Å². The van der Waals surface area contributed by atoms with Crippen LogP contribution in [0.1, 0.15) is 12.8 Å². The van der Waals surface area contributed by atoms with E-state index >= 15 is 0 Å². The molecule has 1 aromatic heterocycles. The Balaban J connectivity index is 2.21. The molecule has 14 heavy (non-hydrogen) atoms. The maximum atomic E-state index is 6.02. The third-order valence-corrected chi connectivity index (χ3v) is 2.67. The zero-order valence-electron chi connectivity index (χ0n) is 7.66. The summed E-state index contributed by atoms with van der Waals surface area (Å²) in [7, 11) is 0. The van der Waals surface area contributed by atoms with Crippen LogP contribution in [-0.4, -0.2) is 28.4 Å². The van der Waals surface area contributed by atoms with Crippen molar-refractivity contribution in [1.82, 2.24) is 9.97 Å². The number of aromatic nitrogens is 2. The zero-order chi connectivity index (χ0) is 9.97. The molecule has 1 heterocycles. The number of hydrogen-bond acceptors (Lipinski definition) is 3. The average molecular weight is 232 g/mol. The molecule has 0 amide bonds. The predicted octanol–water partition coefficient (Wildman–Crippen LogP) is 2.34. The zero-order valence-corrected chi connectivity index (χ0v) is 9.17. The molecule has 2 rings (SSSR count). The Morgan fingerprint density at radius 1 is 1.50 bits per heavy atom. The molecule has 1 fully saturated rings. The summed E-state index contributed by atoms with van der Waals surface area (Å²) in [6, 6.07) is 0.571. The van der Waals surface area contributed by atoms with Crippen LogP contribution in [0.25, 0.3) is 0 Å². The van der Waals surface area contributed by atoms with Gasteiger partial charge in [-0.3, -0.25) is 0 Å². The molecular formula is C9H11Cl2N3. The van der Waals surface area contributed by atoms with Crippen molar-refractivity contribution in [3.8, 4) is 0 Å². The fourth-order valence-electron chi connectivity index (χ4n) is 1.46. The first kappa shape index (κ1) is 9.99. The minimum Gasteiger partial charge on any atom is -0.351 e. The molecule has 0 atom stereocenters. The van der Waals surface area contributed by atoms with E-state index in [0.29, 0.717) is 16.9 Å². The number of nitrogens with zero attached hydrogens (tertiary/aromatic N) is 3. The maximum Gasteiger partial charge on any atom is 0.151 e. The van der Waals surface area contributed by atoms with Gasteiger partial charge in [-0.2, -0.15) is 0 Å². The molecule has 76 valence electrons. The summed E-state index contributed by atoms with van der Waals surface area (Å²) < 4.78 is 0. The summed E-state index contributed by atoms with van der Waals surface area (Å²) in [5.41, 5.74) is 0. The van der Waals surface area contributed by atoms with Crippen molar-refractivity contribution in [3.05, 3.63) is 17.5 Å². The topological polar surface area (TPSA) is 29.0 Å². The second-order valence-corrected chi connectivity index (χ2v) is 4.09. The van der Waals surface area contributed by atoms with Gasteiger partial charge < -0.3 is 4.90 Å². The van der Waals surface area contributed by atoms with Crippen molar-refractivity contribution in [1.29, 1.82) is 0 Å². The van der Waals surface area contributed by atoms with Crippen molar-refractivity contribution >= 4 is 29.0 Å². The van der Waals surface area contributed by atoms with Crippen LogP contribution in [-0.2, 0) is 0 Å². The molecular weight excluding hydrogens is 221 g/mol. The highest BCUT2D eigenvalue weighted by Gasteiger charge is 2.30. The van der Waals surface area contributed by atoms with Gasteiger partial charge in [0.15, 0.2) is 5.82 Å². The molecule has 0 unspecified atom stereocenters. The maximum absolute atomic E-state index is 6.02. The van der Waals surface area contributed by atoms with Crippen LogP contribution in [0.2, 0.25) is 5.02 Å². The van der Waals surface area contributed by atoms with Crippen LogP contribution < -0.4 is 4.90 Å². The highest BCUT2D eigenvalue weighted by atomic mass is 35.5. The standard InChI is InChI=1S/C9H11Cl2N3/c10-3-4-14(7-1-2-7)9-8(11)5-12-6-13-9/h5-7H,1-4H2. The van der Waals surface area contributed by atoms with Crippen molar-refractivity contribution in [2.24, 2.45) is 0 Å². The van der Waals surface area contributed by atoms with Gasteiger partial charge in [0.05, 0.1) is 6.20 Å². The van der Waals surface area contributed by atoms with Crippen LogP contribution in [0.5, 0.6) is 0 Å². The number of hydrogen-bond donors (Lipinski definition) is 0. The first-order valence-electron chi connectivity index (χ1n) is 4.61. The van der Waals surface area contributed by atoms with Gasteiger partial charge in [-0.05, 0) is 12.8 Å². The van der Waals surface area contributed by atoms with Gasteiger partial charge in [0.2, 0.25) is 0 Å². The molecule has 1 aliphatic rings. The Morgan fingerprint density at radius 3 is 2.86 bits per heavy atom. The Labute approximate surface area is 93.1 Å². The molecule has 5 heteroatoms. The normalized spacial score (nSPS) is 15.6. The summed E-state index contributed by atoms with van der Waals surface area (Å²) in [6.07, 6.45) is 5.55. The number of alkyl halides is 1. The lowest BCUT2D eigenvalue weighted by molar-refractivity contribution is 0.808. The van der Waals surface area contributed by atoms with Crippen LogP contribution in [0.4, 0.5) is 5.82 Å². The third-order valence-electron chi connectivity index (χ3n) is 2.23. The minimum atomic E-state index is 0.571. The van der Waals surface area contributed by atoms with Crippen LogP contribution in [0.15, 0.2) is 12.5 Å². The second-order valence-electron chi connectivity index (χ2n) is 3.31. The van der Waals surface area contributed by atoms with Gasteiger partial charge >= 0.3 is 0 Å². The van der Waals surface area contributed by atoms with Crippen molar-refractivity contribution in [2.45, 2.75) is 18.9 Å². The molecule has 1 aromatic rings. The fraction of sp³-hybridized carbons (Fsp3) is 0.556. The Kier molecular flexibility index (Phi) is 3.08. The van der Waals surface area contributed by atoms with Gasteiger partial charge in [0, 0.05) is 18.5 Å². The van der Waals surface area contributed by atoms with Gasteiger partial charge in [-0.15, -0.1) is 11.6 Å². The number of anilines is 1. The van der Waals surface area contributed by atoms with E-state index in [2.05, 4.69) is 14.9 Å². The quantitative estimate of drug-likeness (QED) is 0.746. The van der Waals surface area contributed by atoms with E-state index in [1.807, 2.05) is 0 Å². The van der Waals surface area contributed by atoms with Crippen molar-refractivity contribution in [2.75, 3.05) is 17.3 Å². The number of halogens is 2. The summed E-state index contributed by atoms with van der Waals surface area (Å²) in [5.74, 6) is 1.40. The van der Waals surface area contributed by atoms with Crippen molar-refractivity contribution < 1.29 is 0 Å². The number of rotatable bonds is 4. The lowest BCUT2D eigenvalue weighted by atomic mass is 10.4. The van der Waals surface area contributed by atoms with E-state index < -0.39 is 0 Å². The molecule has 1 saturated carbocycles. The highest BCUT2D eigenvalue weighted by Crippen LogP contribution is 2.33. The SMILES string of the molecule is ClCCN(c1ncncc1Cl)C1CC1.